The third kappa shape index (κ3) is 5.20. The monoisotopic (exact) mass is 237 g/mol. The number of nitrogens with two attached hydrogens (primary N) is 1. The quantitative estimate of drug-likeness (QED) is 0.683. The summed E-state index contributed by atoms with van der Waals surface area (Å²) in [6.45, 7) is 3.62. The van der Waals surface area contributed by atoms with Gasteiger partial charge in [0.05, 0.1) is 6.61 Å². The van der Waals surface area contributed by atoms with Crippen molar-refractivity contribution >= 4 is 0 Å². The van der Waals surface area contributed by atoms with E-state index in [0.29, 0.717) is 13.2 Å². The van der Waals surface area contributed by atoms with Crippen molar-refractivity contribution in [1.82, 2.24) is 0 Å². The summed E-state index contributed by atoms with van der Waals surface area (Å²) in [5, 5.41) is 8.65. The number of rotatable bonds is 8. The topological polar surface area (TPSA) is 55.5 Å². The van der Waals surface area contributed by atoms with Gasteiger partial charge >= 0.3 is 0 Å². The van der Waals surface area contributed by atoms with E-state index in [0.717, 1.165) is 49.2 Å². The second kappa shape index (κ2) is 8.09. The van der Waals surface area contributed by atoms with Crippen molar-refractivity contribution in [2.45, 2.75) is 39.2 Å². The second-order valence-corrected chi connectivity index (χ2v) is 4.29. The van der Waals surface area contributed by atoms with Crippen molar-refractivity contribution in [1.29, 1.82) is 0 Å². The van der Waals surface area contributed by atoms with Crippen LogP contribution in [0.5, 0.6) is 5.75 Å². The van der Waals surface area contributed by atoms with E-state index in [2.05, 4.69) is 0 Å². The zero-order valence-electron chi connectivity index (χ0n) is 10.6. The molecule has 1 rings (SSSR count). The maximum Gasteiger partial charge on any atom is 0.122 e. The Balaban J connectivity index is 2.30. The molecule has 0 aliphatic rings. The molecular formula is C14H23NO2. The predicted octanol–water partition coefficient (Wildman–Crippen LogP) is 2.39. The number of benzene rings is 1. The largest absolute Gasteiger partial charge is 0.493 e. The Morgan fingerprint density at radius 1 is 1.18 bits per heavy atom. The Morgan fingerprint density at radius 3 is 2.65 bits per heavy atom. The molecular weight excluding hydrogens is 214 g/mol. The van der Waals surface area contributed by atoms with Crippen LogP contribution < -0.4 is 10.5 Å². The van der Waals surface area contributed by atoms with Gasteiger partial charge in [0.2, 0.25) is 0 Å². The number of aryl methyl sites for hydroxylation is 1. The highest BCUT2D eigenvalue weighted by molar-refractivity contribution is 5.36. The maximum atomic E-state index is 8.65. The lowest BCUT2D eigenvalue weighted by Gasteiger charge is -2.10. The van der Waals surface area contributed by atoms with E-state index in [-0.39, 0.29) is 0 Å². The first-order chi connectivity index (χ1) is 8.27. The summed E-state index contributed by atoms with van der Waals surface area (Å²) in [4.78, 5) is 0. The van der Waals surface area contributed by atoms with E-state index in [9.17, 15) is 0 Å². The average molecular weight is 237 g/mol. The van der Waals surface area contributed by atoms with Gasteiger partial charge in [-0.05, 0) is 43.4 Å². The third-order valence-electron chi connectivity index (χ3n) is 2.80. The van der Waals surface area contributed by atoms with Crippen LogP contribution in [0.2, 0.25) is 0 Å². The van der Waals surface area contributed by atoms with E-state index < -0.39 is 0 Å². The van der Waals surface area contributed by atoms with Crippen molar-refractivity contribution in [3.05, 3.63) is 29.3 Å². The maximum absolute atomic E-state index is 8.65. The first-order valence-corrected chi connectivity index (χ1v) is 6.31. The molecule has 0 aromatic heterocycles. The van der Waals surface area contributed by atoms with Crippen molar-refractivity contribution < 1.29 is 9.84 Å². The highest BCUT2D eigenvalue weighted by Crippen LogP contribution is 2.19. The number of aliphatic hydroxyl groups is 1. The molecule has 3 N–H and O–H groups in total. The van der Waals surface area contributed by atoms with Crippen LogP contribution in [0.3, 0.4) is 0 Å². The zero-order chi connectivity index (χ0) is 12.5. The van der Waals surface area contributed by atoms with E-state index in [1.54, 1.807) is 0 Å². The molecule has 0 spiro atoms. The summed E-state index contributed by atoms with van der Waals surface area (Å²) in [7, 11) is 0. The Labute approximate surface area is 104 Å². The van der Waals surface area contributed by atoms with Gasteiger partial charge in [-0.15, -0.1) is 0 Å². The highest BCUT2D eigenvalue weighted by atomic mass is 16.5. The van der Waals surface area contributed by atoms with Gasteiger partial charge in [-0.2, -0.15) is 0 Å². The molecule has 0 atom stereocenters. The number of unbranched alkanes of at least 4 members (excludes halogenated alkanes) is 3. The molecule has 3 nitrogen and oxygen atoms in total. The summed E-state index contributed by atoms with van der Waals surface area (Å²) in [6, 6.07) is 6.09. The minimum absolute atomic E-state index is 0.290. The van der Waals surface area contributed by atoms with Crippen LogP contribution in [0, 0.1) is 6.92 Å². The van der Waals surface area contributed by atoms with Crippen molar-refractivity contribution in [3.63, 3.8) is 0 Å². The molecule has 0 aliphatic carbocycles. The van der Waals surface area contributed by atoms with Crippen LogP contribution in [0.1, 0.15) is 36.8 Å². The Bertz CT molecular complexity index is 326. The summed E-state index contributed by atoms with van der Waals surface area (Å²) in [5.74, 6) is 0.940. The molecule has 0 unspecified atom stereocenters. The summed E-state index contributed by atoms with van der Waals surface area (Å²) >= 11 is 0. The molecule has 0 radical (unpaired) electrons. The molecule has 1 aromatic carbocycles. The minimum Gasteiger partial charge on any atom is -0.493 e. The van der Waals surface area contributed by atoms with Crippen LogP contribution in [0.25, 0.3) is 0 Å². The Morgan fingerprint density at radius 2 is 1.94 bits per heavy atom. The molecule has 96 valence electrons. The smallest absolute Gasteiger partial charge is 0.122 e. The molecule has 0 heterocycles. The van der Waals surface area contributed by atoms with Gasteiger partial charge < -0.3 is 15.6 Å². The van der Waals surface area contributed by atoms with Gasteiger partial charge in [0, 0.05) is 13.2 Å². The summed E-state index contributed by atoms with van der Waals surface area (Å²) < 4.78 is 5.74. The van der Waals surface area contributed by atoms with Crippen molar-refractivity contribution in [3.8, 4) is 5.75 Å². The number of aliphatic hydroxyl groups excluding tert-OH is 1. The molecule has 1 aromatic rings. The van der Waals surface area contributed by atoms with Crippen molar-refractivity contribution in [2.24, 2.45) is 5.73 Å². The fraction of sp³-hybridized carbons (Fsp3) is 0.571. The predicted molar refractivity (Wildman–Crippen MR) is 70.1 cm³/mol. The lowest BCUT2D eigenvalue weighted by molar-refractivity contribution is 0.273. The molecule has 17 heavy (non-hydrogen) atoms. The number of hydrogen-bond donors (Lipinski definition) is 2. The Kier molecular flexibility index (Phi) is 6.67. The normalized spacial score (nSPS) is 10.5. The number of ether oxygens (including phenoxy) is 1. The summed E-state index contributed by atoms with van der Waals surface area (Å²) in [5.41, 5.74) is 7.85. The fourth-order valence-electron chi connectivity index (χ4n) is 1.68. The fourth-order valence-corrected chi connectivity index (χ4v) is 1.68. The van der Waals surface area contributed by atoms with E-state index in [4.69, 9.17) is 15.6 Å². The lowest BCUT2D eigenvalue weighted by atomic mass is 10.1. The minimum atomic E-state index is 0.290. The third-order valence-corrected chi connectivity index (χ3v) is 2.80. The second-order valence-electron chi connectivity index (χ2n) is 4.29. The highest BCUT2D eigenvalue weighted by Gasteiger charge is 2.00. The van der Waals surface area contributed by atoms with Crippen LogP contribution in [0.4, 0.5) is 0 Å². The van der Waals surface area contributed by atoms with E-state index in [1.807, 2.05) is 25.1 Å². The molecule has 0 amide bonds. The van der Waals surface area contributed by atoms with Crippen molar-refractivity contribution in [2.75, 3.05) is 13.2 Å². The SMILES string of the molecule is Cc1ccc(CN)cc1OCCCCCCO. The molecule has 0 bridgehead atoms. The van der Waals surface area contributed by atoms with Crippen LogP contribution >= 0.6 is 0 Å². The standard InChI is InChI=1S/C14H23NO2/c1-12-6-7-13(11-15)10-14(12)17-9-5-3-2-4-8-16/h6-7,10,16H,2-5,8-9,11,15H2,1H3. The number of hydrogen-bond acceptors (Lipinski definition) is 3. The van der Waals surface area contributed by atoms with Gasteiger partial charge in [-0.1, -0.05) is 18.6 Å². The average Bonchev–Trinajstić information content (AvgIpc) is 2.35. The van der Waals surface area contributed by atoms with Crippen LogP contribution in [-0.4, -0.2) is 18.3 Å². The van der Waals surface area contributed by atoms with E-state index >= 15 is 0 Å². The first kappa shape index (κ1) is 14.0. The van der Waals surface area contributed by atoms with Gasteiger partial charge in [-0.3, -0.25) is 0 Å². The lowest BCUT2D eigenvalue weighted by Crippen LogP contribution is -2.02. The summed E-state index contributed by atoms with van der Waals surface area (Å²) in [6.07, 6.45) is 4.10. The molecule has 3 heteroatoms. The molecule has 0 saturated heterocycles. The van der Waals surface area contributed by atoms with E-state index in [1.165, 1.54) is 0 Å². The molecule has 0 saturated carbocycles. The van der Waals surface area contributed by atoms with Gasteiger partial charge in [0.25, 0.3) is 0 Å². The van der Waals surface area contributed by atoms with Gasteiger partial charge in [0.15, 0.2) is 0 Å². The molecule has 0 fully saturated rings. The molecule has 0 aliphatic heterocycles. The van der Waals surface area contributed by atoms with Crippen LogP contribution in [-0.2, 0) is 6.54 Å². The van der Waals surface area contributed by atoms with Gasteiger partial charge in [0.1, 0.15) is 5.75 Å². The first-order valence-electron chi connectivity index (χ1n) is 6.31. The van der Waals surface area contributed by atoms with Gasteiger partial charge in [-0.25, -0.2) is 0 Å². The van der Waals surface area contributed by atoms with Crippen LogP contribution in [0.15, 0.2) is 18.2 Å². The zero-order valence-corrected chi connectivity index (χ0v) is 10.6. The Hall–Kier alpha value is -1.06.